The van der Waals surface area contributed by atoms with Gasteiger partial charge >= 0.3 is 12.2 Å². The number of benzene rings is 1. The molecule has 2 amide bonds. The number of para-hydroxylation sites is 1. The summed E-state index contributed by atoms with van der Waals surface area (Å²) in [5.41, 5.74) is 6.37. The average Bonchev–Trinajstić information content (AvgIpc) is 3.47. The first-order chi connectivity index (χ1) is 26.4. The first-order valence-corrected chi connectivity index (χ1v) is 21.6. The fourth-order valence-corrected chi connectivity index (χ4v) is 8.24. The fraction of sp³-hybridized carbons (Fsp3) is 0.646. The van der Waals surface area contributed by atoms with Crippen LogP contribution in [-0.4, -0.2) is 59.9 Å². The number of allylic oxidation sites excluding steroid dienone is 6. The Morgan fingerprint density at radius 1 is 0.804 bits per heavy atom. The molecule has 2 unspecified atom stereocenters. The van der Waals surface area contributed by atoms with Crippen molar-refractivity contribution in [3.63, 3.8) is 0 Å². The molecule has 2 aliphatic heterocycles. The highest BCUT2D eigenvalue weighted by atomic mass is 16.6. The standard InChI is InChI=1S/C48H76N4O4/c1-13-16-18-22-31-47(11)37(4)39(15-3)51(35-25-33-49-43(53)55-45(5,6)7)41(47)29-24-30-42-48(12,32-23-19-17-14-2)38-27-20-21-28-40(38)52(42)36-26-34-50-44(54)56-46(8,9)10/h15,20-21,24,27-30H,3,13-14,16-19,22-23,25-26,31-36H2,1-2,4-12H3,(H-,49,50,53,54)/p+1. The van der Waals surface area contributed by atoms with Gasteiger partial charge in [-0.3, -0.25) is 0 Å². The quantitative estimate of drug-likeness (QED) is 0.0960. The van der Waals surface area contributed by atoms with E-state index < -0.39 is 11.2 Å². The summed E-state index contributed by atoms with van der Waals surface area (Å²) in [4.78, 5) is 27.4. The third kappa shape index (κ3) is 12.9. The minimum atomic E-state index is -0.534. The minimum absolute atomic E-state index is 0.139. The number of anilines is 1. The van der Waals surface area contributed by atoms with E-state index in [-0.39, 0.29) is 23.0 Å². The van der Waals surface area contributed by atoms with Gasteiger partial charge in [-0.25, -0.2) is 9.59 Å². The highest BCUT2D eigenvalue weighted by Gasteiger charge is 2.46. The van der Waals surface area contributed by atoms with E-state index in [1.165, 1.54) is 72.5 Å². The van der Waals surface area contributed by atoms with Crippen LogP contribution in [0.15, 0.2) is 72.1 Å². The van der Waals surface area contributed by atoms with Crippen LogP contribution in [-0.2, 0) is 14.9 Å². The molecule has 0 saturated carbocycles. The van der Waals surface area contributed by atoms with E-state index in [0.717, 1.165) is 51.6 Å². The Labute approximate surface area is 341 Å². The summed E-state index contributed by atoms with van der Waals surface area (Å²) < 4.78 is 13.4. The molecular formula is C48H77N4O4+. The number of nitrogens with zero attached hydrogens (tertiary/aromatic N) is 2. The van der Waals surface area contributed by atoms with Crippen molar-refractivity contribution in [3.8, 4) is 0 Å². The summed E-state index contributed by atoms with van der Waals surface area (Å²) in [7, 11) is 0. The van der Waals surface area contributed by atoms with Crippen LogP contribution in [0, 0.1) is 5.41 Å². The summed E-state index contributed by atoms with van der Waals surface area (Å²) in [5, 5.41) is 5.92. The molecule has 8 nitrogen and oxygen atoms in total. The molecule has 0 saturated heterocycles. The number of amides is 2. The molecule has 2 atom stereocenters. The van der Waals surface area contributed by atoms with E-state index in [1.54, 1.807) is 0 Å². The van der Waals surface area contributed by atoms with Gasteiger partial charge in [0.15, 0.2) is 12.3 Å². The maximum absolute atomic E-state index is 12.5. The molecule has 0 fully saturated rings. The molecule has 1 aromatic carbocycles. The van der Waals surface area contributed by atoms with Gasteiger partial charge in [0.05, 0.1) is 5.41 Å². The van der Waals surface area contributed by atoms with Crippen LogP contribution in [0.5, 0.6) is 0 Å². The van der Waals surface area contributed by atoms with E-state index in [1.807, 2.05) is 47.6 Å². The monoisotopic (exact) mass is 774 g/mol. The Balaban J connectivity index is 2.03. The average molecular weight is 774 g/mol. The molecular weight excluding hydrogens is 697 g/mol. The normalized spacial score (nSPS) is 20.6. The van der Waals surface area contributed by atoms with Crippen LogP contribution < -0.4 is 15.5 Å². The second-order valence-electron chi connectivity index (χ2n) is 18.2. The van der Waals surface area contributed by atoms with Gasteiger partial charge in [0.2, 0.25) is 5.70 Å². The van der Waals surface area contributed by atoms with Crippen molar-refractivity contribution >= 4 is 23.6 Å². The van der Waals surface area contributed by atoms with Crippen LogP contribution in [0.4, 0.5) is 15.3 Å². The van der Waals surface area contributed by atoms with Gasteiger partial charge in [-0.1, -0.05) is 96.1 Å². The maximum atomic E-state index is 12.5. The van der Waals surface area contributed by atoms with Crippen molar-refractivity contribution in [1.29, 1.82) is 0 Å². The van der Waals surface area contributed by atoms with Crippen molar-refractivity contribution in [1.82, 2.24) is 10.6 Å². The molecule has 8 heteroatoms. The zero-order valence-electron chi connectivity index (χ0n) is 37.2. The molecule has 0 aliphatic carbocycles. The van der Waals surface area contributed by atoms with Crippen LogP contribution >= 0.6 is 0 Å². The second-order valence-corrected chi connectivity index (χ2v) is 18.2. The van der Waals surface area contributed by atoms with Gasteiger partial charge in [0, 0.05) is 60.6 Å². The highest BCUT2D eigenvalue weighted by molar-refractivity contribution is 6.00. The lowest BCUT2D eigenvalue weighted by Crippen LogP contribution is -2.35. The first-order valence-electron chi connectivity index (χ1n) is 21.6. The topological polar surface area (TPSA) is 82.9 Å². The van der Waals surface area contributed by atoms with E-state index in [0.29, 0.717) is 13.1 Å². The Morgan fingerprint density at radius 2 is 1.36 bits per heavy atom. The van der Waals surface area contributed by atoms with Crippen molar-refractivity contribution in [2.24, 2.45) is 5.41 Å². The third-order valence-electron chi connectivity index (χ3n) is 11.2. The maximum Gasteiger partial charge on any atom is 0.407 e. The lowest BCUT2D eigenvalue weighted by Gasteiger charge is -2.31. The summed E-state index contributed by atoms with van der Waals surface area (Å²) in [6.45, 7) is 29.8. The molecule has 312 valence electrons. The van der Waals surface area contributed by atoms with Gasteiger partial charge in [0.1, 0.15) is 11.2 Å². The van der Waals surface area contributed by atoms with Crippen LogP contribution in [0.3, 0.4) is 0 Å². The zero-order chi connectivity index (χ0) is 41.6. The smallest absolute Gasteiger partial charge is 0.407 e. The fourth-order valence-electron chi connectivity index (χ4n) is 8.24. The number of nitrogens with one attached hydrogen (secondary N) is 2. The molecule has 1 aromatic rings. The van der Waals surface area contributed by atoms with E-state index >= 15 is 0 Å². The number of carbonyl (C=O) groups is 2. The molecule has 0 aromatic heterocycles. The number of carbonyl (C=O) groups excluding carboxylic acids is 2. The first kappa shape index (κ1) is 46.6. The van der Waals surface area contributed by atoms with Crippen LogP contribution in [0.2, 0.25) is 0 Å². The van der Waals surface area contributed by atoms with Crippen molar-refractivity contribution in [3.05, 3.63) is 77.7 Å². The lowest BCUT2D eigenvalue weighted by atomic mass is 9.74. The summed E-state index contributed by atoms with van der Waals surface area (Å²) >= 11 is 0. The zero-order valence-corrected chi connectivity index (χ0v) is 37.2. The summed E-state index contributed by atoms with van der Waals surface area (Å²) in [6, 6.07) is 8.87. The predicted molar refractivity (Wildman–Crippen MR) is 235 cm³/mol. The Kier molecular flexibility index (Phi) is 17.5. The van der Waals surface area contributed by atoms with Crippen molar-refractivity contribution in [2.75, 3.05) is 31.1 Å². The van der Waals surface area contributed by atoms with Gasteiger partial charge < -0.3 is 25.0 Å². The molecule has 2 heterocycles. The van der Waals surface area contributed by atoms with Gasteiger partial charge in [-0.05, 0) is 99.3 Å². The number of rotatable bonds is 21. The van der Waals surface area contributed by atoms with Gasteiger partial charge in [-0.15, -0.1) is 0 Å². The largest absolute Gasteiger partial charge is 0.444 e. The van der Waals surface area contributed by atoms with Crippen LogP contribution in [0.25, 0.3) is 0 Å². The molecule has 56 heavy (non-hydrogen) atoms. The molecule has 0 spiro atoms. The van der Waals surface area contributed by atoms with Crippen molar-refractivity contribution < 1.29 is 23.6 Å². The number of hydrogen-bond acceptors (Lipinski definition) is 5. The number of unbranched alkanes of at least 4 members (excludes halogenated alkanes) is 6. The van der Waals surface area contributed by atoms with E-state index in [9.17, 15) is 9.59 Å². The van der Waals surface area contributed by atoms with E-state index in [4.69, 9.17) is 9.47 Å². The molecule has 2 N–H and O–H groups in total. The SMILES string of the molecule is C=CC1=C(C)C(C)(CCCCCC)C(/C=C/C=C2\N(CCCNC(=O)OC(C)(C)C)c3ccccc3C2(C)CCCCCC)=[N+]1CCCNC(=O)OC(C)(C)C. The molecule has 0 radical (unpaired) electrons. The Hall–Kier alpha value is -3.81. The number of hydrogen-bond donors (Lipinski definition) is 2. The van der Waals surface area contributed by atoms with Crippen molar-refractivity contribution in [2.45, 2.75) is 170 Å². The number of alkyl carbamates (subject to hydrolysis) is 2. The second kappa shape index (κ2) is 21.1. The van der Waals surface area contributed by atoms with E-state index in [2.05, 4.69) is 104 Å². The summed E-state index contributed by atoms with van der Waals surface area (Å²) in [5.74, 6) is 0. The third-order valence-corrected chi connectivity index (χ3v) is 11.2. The molecule has 0 bridgehead atoms. The predicted octanol–water partition coefficient (Wildman–Crippen LogP) is 11.9. The minimum Gasteiger partial charge on any atom is -0.444 e. The molecule has 2 aliphatic rings. The Morgan fingerprint density at radius 3 is 1.91 bits per heavy atom. The highest BCUT2D eigenvalue weighted by Crippen LogP contribution is 2.51. The molecule has 3 rings (SSSR count). The van der Waals surface area contributed by atoms with Crippen LogP contribution in [0.1, 0.15) is 159 Å². The number of ether oxygens (including phenoxy) is 2. The summed E-state index contributed by atoms with van der Waals surface area (Å²) in [6.07, 6.45) is 21.6. The lowest BCUT2D eigenvalue weighted by molar-refractivity contribution is -0.470. The van der Waals surface area contributed by atoms with Gasteiger partial charge in [0.25, 0.3) is 0 Å². The Bertz CT molecular complexity index is 1610. The van der Waals surface area contributed by atoms with Gasteiger partial charge in [-0.2, -0.15) is 4.58 Å². The number of fused-ring (bicyclic) bond motifs is 1.